The molecule has 0 bridgehead atoms. The van der Waals surface area contributed by atoms with Crippen molar-refractivity contribution >= 4 is 0 Å². The van der Waals surface area contributed by atoms with Crippen molar-refractivity contribution in [3.05, 3.63) is 0 Å². The molecule has 0 aromatic heterocycles. The van der Waals surface area contributed by atoms with Crippen LogP contribution in [0, 0.1) is 5.92 Å². The van der Waals surface area contributed by atoms with Gasteiger partial charge in [0.2, 0.25) is 6.43 Å². The second kappa shape index (κ2) is 4.61. The van der Waals surface area contributed by atoms with Crippen LogP contribution in [0.4, 0.5) is 8.78 Å². The summed E-state index contributed by atoms with van der Waals surface area (Å²) in [7, 11) is 0. The van der Waals surface area contributed by atoms with Crippen LogP contribution in [-0.2, 0) is 0 Å². The van der Waals surface area contributed by atoms with E-state index in [2.05, 4.69) is 0 Å². The maximum absolute atomic E-state index is 11.5. The summed E-state index contributed by atoms with van der Waals surface area (Å²) in [5.74, 6) is 0.0822. The van der Waals surface area contributed by atoms with Gasteiger partial charge in [-0.25, -0.2) is 8.78 Å². The number of aliphatic hydroxyl groups is 1. The molecule has 0 saturated heterocycles. The van der Waals surface area contributed by atoms with Crippen LogP contribution in [0.3, 0.4) is 0 Å². The van der Waals surface area contributed by atoms with Crippen LogP contribution < -0.4 is 0 Å². The maximum atomic E-state index is 11.5. The summed E-state index contributed by atoms with van der Waals surface area (Å²) in [4.78, 5) is 0. The third-order valence-corrected chi connectivity index (χ3v) is 1.45. The van der Waals surface area contributed by atoms with E-state index in [0.29, 0.717) is 0 Å². The van der Waals surface area contributed by atoms with E-state index in [9.17, 15) is 8.78 Å². The van der Waals surface area contributed by atoms with Crippen LogP contribution in [0.5, 0.6) is 0 Å². The highest BCUT2D eigenvalue weighted by Crippen LogP contribution is 2.11. The van der Waals surface area contributed by atoms with E-state index in [1.54, 1.807) is 0 Å². The second-order valence-corrected chi connectivity index (χ2v) is 2.78. The molecule has 0 rings (SSSR count). The number of alkyl halides is 2. The van der Waals surface area contributed by atoms with Crippen LogP contribution in [0.15, 0.2) is 0 Å². The summed E-state index contributed by atoms with van der Waals surface area (Å²) in [5, 5.41) is 9.04. The van der Waals surface area contributed by atoms with E-state index in [1.807, 2.05) is 13.8 Å². The SMILES string of the molecule is CC(C)C(O)CCC(F)F. The van der Waals surface area contributed by atoms with Crippen molar-refractivity contribution in [1.82, 2.24) is 0 Å². The zero-order valence-corrected chi connectivity index (χ0v) is 6.35. The predicted molar refractivity (Wildman–Crippen MR) is 36.1 cm³/mol. The average molecular weight is 152 g/mol. The van der Waals surface area contributed by atoms with Gasteiger partial charge in [-0.1, -0.05) is 13.8 Å². The molecule has 1 nitrogen and oxygen atoms in total. The highest BCUT2D eigenvalue weighted by Gasteiger charge is 2.11. The minimum absolute atomic E-state index is 0.0822. The third kappa shape index (κ3) is 4.68. The largest absolute Gasteiger partial charge is 0.393 e. The van der Waals surface area contributed by atoms with Gasteiger partial charge in [-0.15, -0.1) is 0 Å². The van der Waals surface area contributed by atoms with Gasteiger partial charge in [-0.05, 0) is 12.3 Å². The zero-order valence-electron chi connectivity index (χ0n) is 6.35. The quantitative estimate of drug-likeness (QED) is 0.653. The van der Waals surface area contributed by atoms with Crippen LogP contribution in [0.1, 0.15) is 26.7 Å². The molecule has 1 N–H and O–H groups in total. The van der Waals surface area contributed by atoms with E-state index >= 15 is 0 Å². The Kier molecular flexibility index (Phi) is 4.52. The van der Waals surface area contributed by atoms with Gasteiger partial charge in [0, 0.05) is 6.42 Å². The first-order valence-electron chi connectivity index (χ1n) is 3.50. The standard InChI is InChI=1S/C7H14F2O/c1-5(2)6(10)3-4-7(8)9/h5-7,10H,3-4H2,1-2H3. The van der Waals surface area contributed by atoms with E-state index in [1.165, 1.54) is 0 Å². The molecule has 0 spiro atoms. The number of aliphatic hydroxyl groups excluding tert-OH is 1. The fourth-order valence-electron chi connectivity index (χ4n) is 0.630. The van der Waals surface area contributed by atoms with Gasteiger partial charge in [0.15, 0.2) is 0 Å². The lowest BCUT2D eigenvalue weighted by atomic mass is 10.0. The molecular weight excluding hydrogens is 138 g/mol. The summed E-state index contributed by atoms with van der Waals surface area (Å²) in [5.41, 5.74) is 0. The van der Waals surface area contributed by atoms with Crippen LogP contribution in [0.25, 0.3) is 0 Å². The van der Waals surface area contributed by atoms with Crippen LogP contribution in [0.2, 0.25) is 0 Å². The molecule has 3 heteroatoms. The Hall–Kier alpha value is -0.180. The Bertz CT molecular complexity index is 83.7. The Morgan fingerprint density at radius 1 is 1.20 bits per heavy atom. The Morgan fingerprint density at radius 2 is 1.70 bits per heavy atom. The summed E-state index contributed by atoms with van der Waals surface area (Å²) in [6, 6.07) is 0. The summed E-state index contributed by atoms with van der Waals surface area (Å²) in [6.45, 7) is 3.63. The Morgan fingerprint density at radius 3 is 2.00 bits per heavy atom. The normalized spacial score (nSPS) is 14.7. The molecule has 0 aromatic rings. The van der Waals surface area contributed by atoms with E-state index < -0.39 is 12.5 Å². The molecule has 0 saturated carbocycles. The van der Waals surface area contributed by atoms with E-state index in [4.69, 9.17) is 5.11 Å². The fraction of sp³-hybridized carbons (Fsp3) is 1.00. The van der Waals surface area contributed by atoms with E-state index in [-0.39, 0.29) is 18.8 Å². The minimum Gasteiger partial charge on any atom is -0.393 e. The smallest absolute Gasteiger partial charge is 0.238 e. The first-order valence-corrected chi connectivity index (χ1v) is 3.50. The highest BCUT2D eigenvalue weighted by molar-refractivity contribution is 4.59. The Balaban J connectivity index is 3.30. The summed E-state index contributed by atoms with van der Waals surface area (Å²) < 4.78 is 23.1. The highest BCUT2D eigenvalue weighted by atomic mass is 19.3. The van der Waals surface area contributed by atoms with E-state index in [0.717, 1.165) is 0 Å². The van der Waals surface area contributed by atoms with Crippen molar-refractivity contribution in [3.63, 3.8) is 0 Å². The first kappa shape index (κ1) is 9.82. The topological polar surface area (TPSA) is 20.2 Å². The summed E-state index contributed by atoms with van der Waals surface area (Å²) >= 11 is 0. The van der Waals surface area contributed by atoms with Crippen molar-refractivity contribution in [2.45, 2.75) is 39.2 Å². The maximum Gasteiger partial charge on any atom is 0.238 e. The molecule has 0 radical (unpaired) electrons. The van der Waals surface area contributed by atoms with Crippen molar-refractivity contribution < 1.29 is 13.9 Å². The molecule has 0 aromatic carbocycles. The predicted octanol–water partition coefficient (Wildman–Crippen LogP) is 2.05. The van der Waals surface area contributed by atoms with Crippen molar-refractivity contribution in [3.8, 4) is 0 Å². The molecule has 0 heterocycles. The number of rotatable bonds is 4. The lowest BCUT2D eigenvalue weighted by Crippen LogP contribution is -2.15. The molecule has 1 unspecified atom stereocenters. The van der Waals surface area contributed by atoms with Crippen molar-refractivity contribution in [2.75, 3.05) is 0 Å². The first-order chi connectivity index (χ1) is 4.54. The molecule has 0 fully saturated rings. The van der Waals surface area contributed by atoms with Crippen molar-refractivity contribution in [2.24, 2.45) is 5.92 Å². The lowest BCUT2D eigenvalue weighted by molar-refractivity contribution is 0.0736. The lowest BCUT2D eigenvalue weighted by Gasteiger charge is -2.12. The van der Waals surface area contributed by atoms with Gasteiger partial charge in [0.05, 0.1) is 6.10 Å². The van der Waals surface area contributed by atoms with Gasteiger partial charge in [-0.3, -0.25) is 0 Å². The third-order valence-electron chi connectivity index (χ3n) is 1.45. The van der Waals surface area contributed by atoms with Gasteiger partial charge in [0.25, 0.3) is 0 Å². The van der Waals surface area contributed by atoms with Crippen LogP contribution >= 0.6 is 0 Å². The molecule has 10 heavy (non-hydrogen) atoms. The summed E-state index contributed by atoms with van der Waals surface area (Å²) in [6.07, 6.45) is -2.85. The molecule has 1 atom stereocenters. The number of halogens is 2. The Labute approximate surface area is 60.1 Å². The molecule has 0 aliphatic heterocycles. The molecule has 0 aliphatic carbocycles. The van der Waals surface area contributed by atoms with Crippen molar-refractivity contribution in [1.29, 1.82) is 0 Å². The number of hydrogen-bond donors (Lipinski definition) is 1. The van der Waals surface area contributed by atoms with Gasteiger partial charge in [0.1, 0.15) is 0 Å². The van der Waals surface area contributed by atoms with Gasteiger partial charge >= 0.3 is 0 Å². The molecule has 0 amide bonds. The number of hydrogen-bond acceptors (Lipinski definition) is 1. The molecular formula is C7H14F2O. The molecule has 0 aliphatic rings. The monoisotopic (exact) mass is 152 g/mol. The van der Waals surface area contributed by atoms with Gasteiger partial charge < -0.3 is 5.11 Å². The van der Waals surface area contributed by atoms with Crippen LogP contribution in [-0.4, -0.2) is 17.6 Å². The average Bonchev–Trinajstić information content (AvgIpc) is 1.82. The van der Waals surface area contributed by atoms with Gasteiger partial charge in [-0.2, -0.15) is 0 Å². The fourth-order valence-corrected chi connectivity index (χ4v) is 0.630. The zero-order chi connectivity index (χ0) is 8.15. The minimum atomic E-state index is -2.28. The second-order valence-electron chi connectivity index (χ2n) is 2.78. The molecule has 62 valence electrons.